The van der Waals surface area contributed by atoms with Gasteiger partial charge in [0.25, 0.3) is 0 Å². The summed E-state index contributed by atoms with van der Waals surface area (Å²) in [6.07, 6.45) is 7.03. The Labute approximate surface area is 196 Å². The Balaban J connectivity index is 1.59. The van der Waals surface area contributed by atoms with E-state index in [1.165, 1.54) is 0 Å². The molecule has 2 aliphatic rings. The first-order valence-corrected chi connectivity index (χ1v) is 11.7. The summed E-state index contributed by atoms with van der Waals surface area (Å²) in [5.74, 6) is 1.23. The van der Waals surface area contributed by atoms with Crippen LogP contribution in [-0.2, 0) is 16.0 Å². The fraction of sp³-hybridized carbons (Fsp3) is 0.667. The van der Waals surface area contributed by atoms with E-state index in [-0.39, 0.29) is 35.6 Å². The minimum atomic E-state index is -0.373. The Bertz CT molecular complexity index is 897. The zero-order valence-electron chi connectivity index (χ0n) is 20.4. The Hall–Kier alpha value is -2.84. The number of aryl methyl sites for hydroxylation is 1. The summed E-state index contributed by atoms with van der Waals surface area (Å²) in [7, 11) is 0. The van der Waals surface area contributed by atoms with E-state index < -0.39 is 0 Å². The Morgan fingerprint density at radius 1 is 1.39 bits per heavy atom. The van der Waals surface area contributed by atoms with Crippen molar-refractivity contribution >= 4 is 18.7 Å². The molecule has 0 spiro atoms. The highest BCUT2D eigenvalue weighted by molar-refractivity contribution is 5.79. The average molecular weight is 460 g/mol. The zero-order valence-corrected chi connectivity index (χ0v) is 20.4. The quantitative estimate of drug-likeness (QED) is 0.426. The van der Waals surface area contributed by atoms with Crippen molar-refractivity contribution in [2.75, 3.05) is 0 Å². The molecule has 0 aromatic carbocycles. The second-order valence-corrected chi connectivity index (χ2v) is 10.5. The van der Waals surface area contributed by atoms with Crippen molar-refractivity contribution < 1.29 is 18.8 Å². The molecule has 2 amide bonds. The molecule has 2 N–H and O–H groups in total. The van der Waals surface area contributed by atoms with Crippen LogP contribution in [-0.4, -0.2) is 46.1 Å². The number of allylic oxidation sites excluding steroid dienone is 1. The molecule has 182 valence electrons. The number of nitrogens with zero attached hydrogens (tertiary/aromatic N) is 3. The number of nitrogens with one attached hydrogen (secondary N) is 2. The minimum absolute atomic E-state index is 0.0743. The number of hydrogen-bond acceptors (Lipinski definition) is 7. The maximum Gasteiger partial charge on any atom is 0.407 e. The molecule has 2 saturated carbocycles. The molecule has 9 nitrogen and oxygen atoms in total. The van der Waals surface area contributed by atoms with Gasteiger partial charge in [-0.05, 0) is 85.1 Å². The smallest absolute Gasteiger partial charge is 0.407 e. The van der Waals surface area contributed by atoms with Crippen molar-refractivity contribution in [3.05, 3.63) is 29.4 Å². The summed E-state index contributed by atoms with van der Waals surface area (Å²) in [6.45, 7) is 13.5. The van der Waals surface area contributed by atoms with Crippen molar-refractivity contribution in [2.24, 2.45) is 11.0 Å². The van der Waals surface area contributed by atoms with E-state index in [1.807, 2.05) is 40.7 Å². The van der Waals surface area contributed by atoms with Gasteiger partial charge in [-0.25, -0.2) is 9.80 Å². The molecule has 1 aromatic heterocycles. The predicted octanol–water partition coefficient (Wildman–Crippen LogP) is 4.04. The van der Waals surface area contributed by atoms with Crippen LogP contribution in [0.25, 0.3) is 0 Å². The molecular weight excluding hydrogens is 422 g/mol. The van der Waals surface area contributed by atoms with Gasteiger partial charge in [-0.15, -0.1) is 0 Å². The molecular formula is C24H37N5O4. The molecule has 1 aromatic rings. The zero-order chi connectivity index (χ0) is 24.2. The van der Waals surface area contributed by atoms with Gasteiger partial charge in [-0.3, -0.25) is 4.79 Å². The fourth-order valence-electron chi connectivity index (χ4n) is 4.05. The van der Waals surface area contributed by atoms with Gasteiger partial charge in [0.1, 0.15) is 17.7 Å². The second kappa shape index (κ2) is 9.97. The van der Waals surface area contributed by atoms with E-state index in [4.69, 9.17) is 9.26 Å². The summed E-state index contributed by atoms with van der Waals surface area (Å²) < 4.78 is 10.8. The summed E-state index contributed by atoms with van der Waals surface area (Å²) in [5, 5.41) is 15.6. The SMILES string of the molecule is C=NN(/C(=C\CC1CCC(OC(=O)NC2(C)CC2)C1)NC(=O)Cc1cc(C)no1)C(C)(C)C. The van der Waals surface area contributed by atoms with Crippen LogP contribution < -0.4 is 10.6 Å². The molecule has 2 aliphatic carbocycles. The van der Waals surface area contributed by atoms with E-state index in [0.717, 1.165) is 44.2 Å². The molecule has 33 heavy (non-hydrogen) atoms. The van der Waals surface area contributed by atoms with Crippen molar-refractivity contribution in [1.82, 2.24) is 20.8 Å². The lowest BCUT2D eigenvalue weighted by molar-refractivity contribution is -0.120. The molecule has 0 bridgehead atoms. The first-order chi connectivity index (χ1) is 15.5. The molecule has 9 heteroatoms. The summed E-state index contributed by atoms with van der Waals surface area (Å²) in [5.41, 5.74) is 0.279. The first kappa shape index (κ1) is 24.8. The van der Waals surface area contributed by atoms with Crippen molar-refractivity contribution in [1.29, 1.82) is 0 Å². The lowest BCUT2D eigenvalue weighted by atomic mass is 10.0. The molecule has 0 radical (unpaired) electrons. The number of aromatic nitrogens is 1. The number of carbonyl (C=O) groups is 2. The second-order valence-electron chi connectivity index (χ2n) is 10.5. The number of amides is 2. The van der Waals surface area contributed by atoms with Gasteiger partial charge in [0, 0.05) is 18.3 Å². The highest BCUT2D eigenvalue weighted by atomic mass is 16.6. The van der Waals surface area contributed by atoms with Crippen LogP contribution in [0.15, 0.2) is 27.6 Å². The van der Waals surface area contributed by atoms with Gasteiger partial charge in [0.05, 0.1) is 17.7 Å². The van der Waals surface area contributed by atoms with E-state index in [2.05, 4.69) is 27.6 Å². The van der Waals surface area contributed by atoms with Crippen molar-refractivity contribution in [3.63, 3.8) is 0 Å². The normalized spacial score (nSPS) is 21.9. The van der Waals surface area contributed by atoms with Gasteiger partial charge < -0.3 is 19.9 Å². The predicted molar refractivity (Wildman–Crippen MR) is 125 cm³/mol. The van der Waals surface area contributed by atoms with Gasteiger partial charge in [-0.2, -0.15) is 5.10 Å². The lowest BCUT2D eigenvalue weighted by Gasteiger charge is -2.34. The van der Waals surface area contributed by atoms with Crippen LogP contribution in [0.2, 0.25) is 0 Å². The number of hydrazone groups is 1. The summed E-state index contributed by atoms with van der Waals surface area (Å²) in [6, 6.07) is 1.74. The molecule has 3 rings (SSSR count). The highest BCUT2D eigenvalue weighted by Gasteiger charge is 2.40. The fourth-order valence-corrected chi connectivity index (χ4v) is 4.05. The van der Waals surface area contributed by atoms with Crippen LogP contribution >= 0.6 is 0 Å². The molecule has 0 aliphatic heterocycles. The van der Waals surface area contributed by atoms with Crippen LogP contribution in [0.4, 0.5) is 4.79 Å². The third-order valence-electron chi connectivity index (χ3n) is 6.10. The minimum Gasteiger partial charge on any atom is -0.446 e. The van der Waals surface area contributed by atoms with E-state index in [9.17, 15) is 9.59 Å². The van der Waals surface area contributed by atoms with Crippen molar-refractivity contribution in [2.45, 2.75) is 96.7 Å². The maximum atomic E-state index is 12.7. The van der Waals surface area contributed by atoms with Gasteiger partial charge >= 0.3 is 6.09 Å². The summed E-state index contributed by atoms with van der Waals surface area (Å²) >= 11 is 0. The molecule has 2 atom stereocenters. The average Bonchev–Trinajstić information content (AvgIpc) is 3.07. The van der Waals surface area contributed by atoms with E-state index in [0.29, 0.717) is 17.5 Å². The first-order valence-electron chi connectivity index (χ1n) is 11.7. The van der Waals surface area contributed by atoms with E-state index >= 15 is 0 Å². The molecule has 1 heterocycles. The van der Waals surface area contributed by atoms with Crippen LogP contribution in [0.3, 0.4) is 0 Å². The van der Waals surface area contributed by atoms with E-state index in [1.54, 1.807) is 11.1 Å². The largest absolute Gasteiger partial charge is 0.446 e. The molecule has 2 unspecified atom stereocenters. The van der Waals surface area contributed by atoms with Crippen LogP contribution in [0.5, 0.6) is 0 Å². The standard InChI is InChI=1S/C24H37N5O4/c1-16-13-19(33-28-16)15-21(30)26-20(29(25-6)23(2,3)4)10-8-17-7-9-18(14-17)32-22(31)27-24(5)11-12-24/h10,13,17-18H,6-9,11-12,14-15H2,1-5H3,(H,26,30)(H,27,31)/b20-10-. The summed E-state index contributed by atoms with van der Waals surface area (Å²) in [4.78, 5) is 24.8. The third-order valence-corrected chi connectivity index (χ3v) is 6.10. The molecule has 2 fully saturated rings. The Kier molecular flexibility index (Phi) is 7.49. The van der Waals surface area contributed by atoms with Gasteiger partial charge in [0.15, 0.2) is 0 Å². The van der Waals surface area contributed by atoms with Gasteiger partial charge in [-0.1, -0.05) is 5.16 Å². The number of carbonyl (C=O) groups excluding carboxylic acids is 2. The van der Waals surface area contributed by atoms with Crippen LogP contribution in [0.1, 0.15) is 77.7 Å². The Morgan fingerprint density at radius 2 is 2.12 bits per heavy atom. The number of ether oxygens (including phenoxy) is 1. The number of alkyl carbamates (subject to hydrolysis) is 1. The number of rotatable bonds is 9. The van der Waals surface area contributed by atoms with Gasteiger partial charge in [0.2, 0.25) is 5.91 Å². The molecule has 0 saturated heterocycles. The van der Waals surface area contributed by atoms with Crippen LogP contribution in [0, 0.1) is 12.8 Å². The topological polar surface area (TPSA) is 109 Å². The lowest BCUT2D eigenvalue weighted by Crippen LogP contribution is -2.43. The third kappa shape index (κ3) is 7.33. The highest BCUT2D eigenvalue weighted by Crippen LogP contribution is 2.35. The maximum absolute atomic E-state index is 12.7. The van der Waals surface area contributed by atoms with Crippen molar-refractivity contribution in [3.8, 4) is 0 Å². The monoisotopic (exact) mass is 459 g/mol. The Morgan fingerprint density at radius 3 is 2.70 bits per heavy atom. The number of hydrogen-bond donors (Lipinski definition) is 2.